The van der Waals surface area contributed by atoms with Crippen LogP contribution in [0.25, 0.3) is 0 Å². The molecule has 0 bridgehead atoms. The molecule has 0 aromatic heterocycles. The predicted molar refractivity (Wildman–Crippen MR) is 66.9 cm³/mol. The molecule has 0 aromatic carbocycles. The molecule has 0 aliphatic rings. The predicted octanol–water partition coefficient (Wildman–Crippen LogP) is 3.50. The third-order valence-corrected chi connectivity index (χ3v) is 0.888. The summed E-state index contributed by atoms with van der Waals surface area (Å²) in [5.41, 5.74) is 1.79. The molecule has 15 heavy (non-hydrogen) atoms. The molecule has 0 atom stereocenters. The van der Waals surface area contributed by atoms with Crippen molar-refractivity contribution in [2.24, 2.45) is 0 Å². The maximum absolute atomic E-state index is 10.0. The van der Waals surface area contributed by atoms with E-state index in [1.165, 1.54) is 25.5 Å². The average molecular weight is 210 g/mol. The van der Waals surface area contributed by atoms with Crippen molar-refractivity contribution in [2.45, 2.75) is 34.6 Å². The Morgan fingerprint density at radius 1 is 0.933 bits per heavy atom. The van der Waals surface area contributed by atoms with Crippen LogP contribution in [-0.4, -0.2) is 11.6 Å². The van der Waals surface area contributed by atoms with Gasteiger partial charge in [-0.2, -0.15) is 0 Å². The van der Waals surface area contributed by atoms with Crippen LogP contribution in [0.15, 0.2) is 37.0 Å². The molecule has 0 aliphatic carbocycles. The number of hydrogen-bond donors (Lipinski definition) is 0. The summed E-state index contributed by atoms with van der Waals surface area (Å²) in [6, 6.07) is 0. The lowest BCUT2D eigenvalue weighted by molar-refractivity contribution is -0.114. The second kappa shape index (κ2) is 12.6. The maximum atomic E-state index is 10.0. The van der Waals surface area contributed by atoms with E-state index in [2.05, 4.69) is 19.7 Å². The summed E-state index contributed by atoms with van der Waals surface area (Å²) in [5.74, 6) is 0.0833. The van der Waals surface area contributed by atoms with Gasteiger partial charge in [-0.1, -0.05) is 18.7 Å². The van der Waals surface area contributed by atoms with Crippen molar-refractivity contribution in [1.29, 1.82) is 0 Å². The first-order valence-electron chi connectivity index (χ1n) is 4.56. The SMILES string of the molecule is C=C(C)C.C=C(C)C(C)=O.C=CC(C)=O. The van der Waals surface area contributed by atoms with Crippen molar-refractivity contribution in [2.75, 3.05) is 0 Å². The lowest BCUT2D eigenvalue weighted by atomic mass is 10.3. The third kappa shape index (κ3) is 67.4. The smallest absolute Gasteiger partial charge is 0.154 e. The van der Waals surface area contributed by atoms with E-state index >= 15 is 0 Å². The van der Waals surface area contributed by atoms with Gasteiger partial charge in [-0.3, -0.25) is 9.59 Å². The lowest BCUT2D eigenvalue weighted by Crippen LogP contribution is -1.86. The first kappa shape index (κ1) is 19.2. The number of allylic oxidation sites excluding steroid dienone is 3. The van der Waals surface area contributed by atoms with Crippen LogP contribution in [0.5, 0.6) is 0 Å². The highest BCUT2D eigenvalue weighted by Gasteiger charge is 1.85. The summed E-state index contributed by atoms with van der Waals surface area (Å²) in [4.78, 5) is 19.7. The fourth-order valence-corrected chi connectivity index (χ4v) is 0. The van der Waals surface area contributed by atoms with Crippen LogP contribution in [0.4, 0.5) is 0 Å². The summed E-state index contributed by atoms with van der Waals surface area (Å²) < 4.78 is 0. The van der Waals surface area contributed by atoms with Crippen LogP contribution in [-0.2, 0) is 9.59 Å². The minimum Gasteiger partial charge on any atom is -0.295 e. The zero-order valence-corrected chi connectivity index (χ0v) is 10.5. The number of hydrogen-bond acceptors (Lipinski definition) is 2. The Hall–Kier alpha value is -1.44. The first-order chi connectivity index (χ1) is 6.64. The Labute approximate surface area is 93.4 Å². The number of ketones is 2. The Balaban J connectivity index is -0.000000147. The van der Waals surface area contributed by atoms with Crippen molar-refractivity contribution in [3.05, 3.63) is 37.0 Å². The molecule has 0 heterocycles. The van der Waals surface area contributed by atoms with Crippen LogP contribution in [0.2, 0.25) is 0 Å². The van der Waals surface area contributed by atoms with Crippen LogP contribution in [0, 0.1) is 0 Å². The largest absolute Gasteiger partial charge is 0.295 e. The maximum Gasteiger partial charge on any atom is 0.154 e. The third-order valence-electron chi connectivity index (χ3n) is 0.888. The van der Waals surface area contributed by atoms with Gasteiger partial charge < -0.3 is 0 Å². The topological polar surface area (TPSA) is 34.1 Å². The summed E-state index contributed by atoms with van der Waals surface area (Å²) in [5, 5.41) is 0. The first-order valence-corrected chi connectivity index (χ1v) is 4.56. The molecule has 0 saturated heterocycles. The summed E-state index contributed by atoms with van der Waals surface area (Å²) in [6.07, 6.45) is 1.28. The van der Waals surface area contributed by atoms with E-state index in [1.807, 2.05) is 13.8 Å². The molecule has 0 unspecified atom stereocenters. The number of rotatable bonds is 2. The number of carbonyl (C=O) groups is 2. The fraction of sp³-hybridized carbons (Fsp3) is 0.385. The monoisotopic (exact) mass is 210 g/mol. The van der Waals surface area contributed by atoms with Gasteiger partial charge in [0.15, 0.2) is 11.6 Å². The molecular weight excluding hydrogens is 188 g/mol. The van der Waals surface area contributed by atoms with E-state index in [4.69, 9.17) is 0 Å². The van der Waals surface area contributed by atoms with Gasteiger partial charge in [0.05, 0.1) is 0 Å². The van der Waals surface area contributed by atoms with E-state index in [0.717, 1.165) is 0 Å². The molecule has 0 fully saturated rings. The highest BCUT2D eigenvalue weighted by molar-refractivity contribution is 5.91. The Morgan fingerprint density at radius 3 is 1.07 bits per heavy atom. The second-order valence-corrected chi connectivity index (χ2v) is 3.36. The molecular formula is C13H22O2. The van der Waals surface area contributed by atoms with Crippen molar-refractivity contribution in [1.82, 2.24) is 0 Å². The van der Waals surface area contributed by atoms with Crippen LogP contribution >= 0.6 is 0 Å². The van der Waals surface area contributed by atoms with Crippen LogP contribution < -0.4 is 0 Å². The van der Waals surface area contributed by atoms with Crippen molar-refractivity contribution < 1.29 is 9.59 Å². The molecule has 0 saturated carbocycles. The minimum atomic E-state index is 0.0185. The summed E-state index contributed by atoms with van der Waals surface area (Å²) in [7, 11) is 0. The zero-order valence-electron chi connectivity index (χ0n) is 10.5. The molecule has 86 valence electrons. The zero-order chi connectivity index (χ0) is 13.0. The Bertz CT molecular complexity index is 231. The van der Waals surface area contributed by atoms with Gasteiger partial charge in [0.25, 0.3) is 0 Å². The number of Topliss-reactive ketones (excluding diaryl/α,β-unsaturated/α-hetero) is 1. The summed E-state index contributed by atoms with van der Waals surface area (Å²) in [6.45, 7) is 18.8. The van der Waals surface area contributed by atoms with Crippen molar-refractivity contribution in [3.63, 3.8) is 0 Å². The van der Waals surface area contributed by atoms with Gasteiger partial charge in [-0.25, -0.2) is 0 Å². The van der Waals surface area contributed by atoms with Crippen LogP contribution in [0.3, 0.4) is 0 Å². The highest BCUT2D eigenvalue weighted by Crippen LogP contribution is 1.84. The van der Waals surface area contributed by atoms with Gasteiger partial charge >= 0.3 is 0 Å². The summed E-state index contributed by atoms with van der Waals surface area (Å²) >= 11 is 0. The molecule has 2 nitrogen and oxygen atoms in total. The van der Waals surface area contributed by atoms with E-state index in [-0.39, 0.29) is 11.6 Å². The molecule has 2 heteroatoms. The Morgan fingerprint density at radius 2 is 1.07 bits per heavy atom. The van der Waals surface area contributed by atoms with Gasteiger partial charge in [-0.05, 0) is 46.3 Å². The van der Waals surface area contributed by atoms with Crippen molar-refractivity contribution in [3.8, 4) is 0 Å². The molecule has 0 radical (unpaired) electrons. The van der Waals surface area contributed by atoms with Gasteiger partial charge in [0.1, 0.15) is 0 Å². The average Bonchev–Trinajstić information content (AvgIpc) is 2.04. The fourth-order valence-electron chi connectivity index (χ4n) is 0. The molecule has 0 rings (SSSR count). The molecule has 0 aromatic rings. The Kier molecular flexibility index (Phi) is 16.1. The normalized spacial score (nSPS) is 7.00. The van der Waals surface area contributed by atoms with Crippen LogP contribution in [0.1, 0.15) is 34.6 Å². The van der Waals surface area contributed by atoms with E-state index in [9.17, 15) is 9.59 Å². The molecule has 0 amide bonds. The van der Waals surface area contributed by atoms with Gasteiger partial charge in [0.2, 0.25) is 0 Å². The van der Waals surface area contributed by atoms with E-state index < -0.39 is 0 Å². The van der Waals surface area contributed by atoms with Gasteiger partial charge in [-0.15, -0.1) is 6.58 Å². The standard InChI is InChI=1S/C5H8O.C4H6O.C4H8/c1-4(2)5(3)6;1-3-4(2)5;1-4(2)3/h1H2,2-3H3;3H,1H2,2H3;1H2,2-3H3. The minimum absolute atomic E-state index is 0.0185. The van der Waals surface area contributed by atoms with E-state index in [1.54, 1.807) is 6.92 Å². The molecule has 0 aliphatic heterocycles. The van der Waals surface area contributed by atoms with Gasteiger partial charge in [0, 0.05) is 0 Å². The lowest BCUT2D eigenvalue weighted by Gasteiger charge is -1.80. The molecule has 0 N–H and O–H groups in total. The number of carbonyl (C=O) groups excluding carboxylic acids is 2. The quantitative estimate of drug-likeness (QED) is 0.516. The van der Waals surface area contributed by atoms with Crippen molar-refractivity contribution >= 4 is 11.6 Å². The molecule has 0 spiro atoms. The highest BCUT2D eigenvalue weighted by atomic mass is 16.1. The van der Waals surface area contributed by atoms with E-state index in [0.29, 0.717) is 5.57 Å². The second-order valence-electron chi connectivity index (χ2n) is 3.36.